The summed E-state index contributed by atoms with van der Waals surface area (Å²) >= 11 is 3.58. The van der Waals surface area contributed by atoms with Gasteiger partial charge in [-0.15, -0.1) is 0 Å². The highest BCUT2D eigenvalue weighted by Crippen LogP contribution is 2.50. The molecule has 0 amide bonds. The van der Waals surface area contributed by atoms with Gasteiger partial charge in [-0.25, -0.2) is 0 Å². The molecule has 1 aliphatic carbocycles. The molecule has 0 saturated heterocycles. The zero-order valence-electron chi connectivity index (χ0n) is 8.91. The first-order chi connectivity index (χ1) is 7.77. The minimum atomic E-state index is 0.0420. The van der Waals surface area contributed by atoms with E-state index in [4.69, 9.17) is 0 Å². The predicted octanol–water partition coefficient (Wildman–Crippen LogP) is 3.63. The van der Waals surface area contributed by atoms with Crippen LogP contribution < -0.4 is 0 Å². The van der Waals surface area contributed by atoms with E-state index in [9.17, 15) is 5.11 Å². The van der Waals surface area contributed by atoms with Crippen molar-refractivity contribution in [1.29, 1.82) is 0 Å². The van der Waals surface area contributed by atoms with Crippen LogP contribution in [0.4, 0.5) is 0 Å². The van der Waals surface area contributed by atoms with E-state index in [1.807, 2.05) is 0 Å². The molecular formula is C14H13BrO. The molecule has 2 aromatic carbocycles. The summed E-state index contributed by atoms with van der Waals surface area (Å²) in [6, 6.07) is 12.6. The Morgan fingerprint density at radius 3 is 2.44 bits per heavy atom. The van der Waals surface area contributed by atoms with E-state index in [1.54, 1.807) is 0 Å². The molecule has 16 heavy (non-hydrogen) atoms. The van der Waals surface area contributed by atoms with Crippen molar-refractivity contribution in [3.63, 3.8) is 0 Å². The molecule has 0 bridgehead atoms. The highest BCUT2D eigenvalue weighted by molar-refractivity contribution is 9.10. The number of hydrogen-bond donors (Lipinski definition) is 1. The van der Waals surface area contributed by atoms with Crippen molar-refractivity contribution in [2.45, 2.75) is 18.3 Å². The summed E-state index contributed by atoms with van der Waals surface area (Å²) in [6.45, 7) is 0.263. The number of benzene rings is 2. The number of aliphatic hydroxyl groups excluding tert-OH is 1. The standard InChI is InChI=1S/C14H13BrO/c15-13-6-2-3-10-11(13)4-1-5-12(10)14(9-16)7-8-14/h1-6,16H,7-9H2. The predicted molar refractivity (Wildman–Crippen MR) is 69.6 cm³/mol. The molecule has 0 atom stereocenters. The first-order valence-electron chi connectivity index (χ1n) is 5.55. The van der Waals surface area contributed by atoms with Crippen LogP contribution in [0.15, 0.2) is 40.9 Å². The zero-order valence-corrected chi connectivity index (χ0v) is 10.5. The maximum Gasteiger partial charge on any atom is 0.0528 e. The highest BCUT2D eigenvalue weighted by Gasteiger charge is 2.44. The second kappa shape index (κ2) is 3.57. The molecule has 1 aliphatic rings. The van der Waals surface area contributed by atoms with Gasteiger partial charge in [0.2, 0.25) is 0 Å². The SMILES string of the molecule is OCC1(c2cccc3c(Br)cccc23)CC1. The van der Waals surface area contributed by atoms with Crippen LogP contribution in [0.1, 0.15) is 18.4 Å². The summed E-state index contributed by atoms with van der Waals surface area (Å²) in [6.07, 6.45) is 2.21. The lowest BCUT2D eigenvalue weighted by atomic mass is 9.91. The quantitative estimate of drug-likeness (QED) is 0.888. The molecule has 82 valence electrons. The number of fused-ring (bicyclic) bond motifs is 1. The summed E-state index contributed by atoms with van der Waals surface area (Å²) in [5, 5.41) is 12.0. The highest BCUT2D eigenvalue weighted by atomic mass is 79.9. The van der Waals surface area contributed by atoms with Crippen LogP contribution in [0, 0.1) is 0 Å². The average molecular weight is 277 g/mol. The Bertz CT molecular complexity index is 543. The van der Waals surface area contributed by atoms with E-state index in [0.717, 1.165) is 17.3 Å². The van der Waals surface area contributed by atoms with Crippen LogP contribution in [0.25, 0.3) is 10.8 Å². The minimum absolute atomic E-state index is 0.0420. The molecule has 0 unspecified atom stereocenters. The molecule has 0 aromatic heterocycles. The van der Waals surface area contributed by atoms with E-state index in [-0.39, 0.29) is 12.0 Å². The summed E-state index contributed by atoms with van der Waals surface area (Å²) < 4.78 is 1.13. The van der Waals surface area contributed by atoms with Gasteiger partial charge in [-0.3, -0.25) is 0 Å². The molecule has 0 spiro atoms. The van der Waals surface area contributed by atoms with E-state index >= 15 is 0 Å². The molecule has 0 heterocycles. The van der Waals surface area contributed by atoms with Gasteiger partial charge in [-0.1, -0.05) is 46.3 Å². The van der Waals surface area contributed by atoms with Crippen LogP contribution in [0.2, 0.25) is 0 Å². The molecule has 0 radical (unpaired) electrons. The first-order valence-corrected chi connectivity index (χ1v) is 6.35. The van der Waals surface area contributed by atoms with Gasteiger partial charge in [0.05, 0.1) is 6.61 Å². The number of hydrogen-bond acceptors (Lipinski definition) is 1. The Morgan fingerprint density at radius 1 is 1.06 bits per heavy atom. The molecule has 1 N–H and O–H groups in total. The lowest BCUT2D eigenvalue weighted by Crippen LogP contribution is -2.12. The fourth-order valence-electron chi connectivity index (χ4n) is 2.40. The van der Waals surface area contributed by atoms with Crippen LogP contribution in [-0.4, -0.2) is 11.7 Å². The maximum atomic E-state index is 9.53. The molecule has 2 aromatic rings. The van der Waals surface area contributed by atoms with E-state index in [0.29, 0.717) is 0 Å². The van der Waals surface area contributed by atoms with E-state index in [2.05, 4.69) is 52.3 Å². The topological polar surface area (TPSA) is 20.2 Å². The van der Waals surface area contributed by atoms with Gasteiger partial charge < -0.3 is 5.11 Å². The van der Waals surface area contributed by atoms with Crippen molar-refractivity contribution in [2.75, 3.05) is 6.61 Å². The first kappa shape index (κ1) is 10.3. The molecule has 1 fully saturated rings. The summed E-state index contributed by atoms with van der Waals surface area (Å²) in [5.74, 6) is 0. The third-order valence-corrected chi connectivity index (χ3v) is 4.29. The van der Waals surface area contributed by atoms with Crippen molar-refractivity contribution >= 4 is 26.7 Å². The monoisotopic (exact) mass is 276 g/mol. The lowest BCUT2D eigenvalue weighted by molar-refractivity contribution is 0.256. The molecule has 3 rings (SSSR count). The van der Waals surface area contributed by atoms with Gasteiger partial charge in [0.15, 0.2) is 0 Å². The van der Waals surface area contributed by atoms with Crippen LogP contribution in [-0.2, 0) is 5.41 Å². The average Bonchev–Trinajstić information content (AvgIpc) is 3.10. The molecular weight excluding hydrogens is 264 g/mol. The van der Waals surface area contributed by atoms with Crippen LogP contribution >= 0.6 is 15.9 Å². The van der Waals surface area contributed by atoms with Crippen molar-refractivity contribution < 1.29 is 5.11 Å². The Morgan fingerprint density at radius 2 is 1.75 bits per heavy atom. The van der Waals surface area contributed by atoms with E-state index < -0.39 is 0 Å². The Hall–Kier alpha value is -0.860. The van der Waals surface area contributed by atoms with Crippen molar-refractivity contribution in [3.8, 4) is 0 Å². The van der Waals surface area contributed by atoms with Crippen molar-refractivity contribution in [2.24, 2.45) is 0 Å². The lowest BCUT2D eigenvalue weighted by Gasteiger charge is -2.15. The second-order valence-corrected chi connectivity index (χ2v) is 5.43. The van der Waals surface area contributed by atoms with Gasteiger partial charge in [0, 0.05) is 9.89 Å². The normalized spacial score (nSPS) is 17.6. The Labute approximate surface area is 103 Å². The van der Waals surface area contributed by atoms with Crippen molar-refractivity contribution in [3.05, 3.63) is 46.4 Å². The fraction of sp³-hybridized carbons (Fsp3) is 0.286. The summed E-state index contributed by atoms with van der Waals surface area (Å²) in [5.41, 5.74) is 1.34. The minimum Gasteiger partial charge on any atom is -0.395 e. The number of aliphatic hydroxyl groups is 1. The molecule has 1 saturated carbocycles. The largest absolute Gasteiger partial charge is 0.395 e. The number of halogens is 1. The van der Waals surface area contributed by atoms with Gasteiger partial charge in [0.1, 0.15) is 0 Å². The second-order valence-electron chi connectivity index (χ2n) is 4.58. The summed E-state index contributed by atoms with van der Waals surface area (Å²) in [4.78, 5) is 0. The third kappa shape index (κ3) is 1.40. The van der Waals surface area contributed by atoms with E-state index in [1.165, 1.54) is 16.3 Å². The Balaban J connectivity index is 2.30. The van der Waals surface area contributed by atoms with Crippen LogP contribution in [0.3, 0.4) is 0 Å². The van der Waals surface area contributed by atoms with Crippen molar-refractivity contribution in [1.82, 2.24) is 0 Å². The van der Waals surface area contributed by atoms with Gasteiger partial charge >= 0.3 is 0 Å². The molecule has 0 aliphatic heterocycles. The zero-order chi connectivity index (χ0) is 11.2. The van der Waals surface area contributed by atoms with Gasteiger partial charge in [-0.2, -0.15) is 0 Å². The number of rotatable bonds is 2. The van der Waals surface area contributed by atoms with Gasteiger partial charge in [0.25, 0.3) is 0 Å². The maximum absolute atomic E-state index is 9.53. The third-order valence-electron chi connectivity index (χ3n) is 3.60. The molecule has 1 nitrogen and oxygen atoms in total. The summed E-state index contributed by atoms with van der Waals surface area (Å²) in [7, 11) is 0. The van der Waals surface area contributed by atoms with Crippen LogP contribution in [0.5, 0.6) is 0 Å². The fourth-order valence-corrected chi connectivity index (χ4v) is 2.90. The molecule has 2 heteroatoms. The van der Waals surface area contributed by atoms with Gasteiger partial charge in [-0.05, 0) is 35.2 Å². The Kier molecular flexibility index (Phi) is 2.30. The smallest absolute Gasteiger partial charge is 0.0528 e.